The highest BCUT2D eigenvalue weighted by Crippen LogP contribution is 2.35. The van der Waals surface area contributed by atoms with E-state index in [1.54, 1.807) is 0 Å². The first-order chi connectivity index (χ1) is 9.93. The van der Waals surface area contributed by atoms with E-state index in [1.165, 1.54) is 69.9 Å². The van der Waals surface area contributed by atoms with Crippen molar-refractivity contribution in [2.75, 3.05) is 6.54 Å². The van der Waals surface area contributed by atoms with Crippen molar-refractivity contribution < 1.29 is 0 Å². The van der Waals surface area contributed by atoms with Crippen LogP contribution < -0.4 is 5.32 Å². The first-order valence-electron chi connectivity index (χ1n) is 8.72. The number of benzene rings is 1. The molecule has 1 atom stereocenters. The van der Waals surface area contributed by atoms with Crippen molar-refractivity contribution >= 4 is 0 Å². The molecule has 0 amide bonds. The maximum atomic E-state index is 3.89. The molecule has 1 aromatic carbocycles. The van der Waals surface area contributed by atoms with Crippen LogP contribution in [0.25, 0.3) is 0 Å². The minimum Gasteiger partial charge on any atom is -0.310 e. The largest absolute Gasteiger partial charge is 0.310 e. The van der Waals surface area contributed by atoms with Crippen molar-refractivity contribution in [2.45, 2.75) is 63.8 Å². The van der Waals surface area contributed by atoms with Crippen LogP contribution in [-0.4, -0.2) is 6.54 Å². The summed E-state index contributed by atoms with van der Waals surface area (Å²) in [4.78, 5) is 0. The van der Waals surface area contributed by atoms with Crippen molar-refractivity contribution in [1.82, 2.24) is 5.32 Å². The lowest BCUT2D eigenvalue weighted by atomic mass is 9.81. The van der Waals surface area contributed by atoms with Crippen LogP contribution in [0.4, 0.5) is 0 Å². The van der Waals surface area contributed by atoms with Gasteiger partial charge in [0.25, 0.3) is 0 Å². The Kier molecular flexibility index (Phi) is 5.13. The highest BCUT2D eigenvalue weighted by molar-refractivity contribution is 5.19. The van der Waals surface area contributed by atoms with Gasteiger partial charge < -0.3 is 5.32 Å². The lowest BCUT2D eigenvalue weighted by Gasteiger charge is -2.31. The van der Waals surface area contributed by atoms with Gasteiger partial charge in [-0.25, -0.2) is 0 Å². The van der Waals surface area contributed by atoms with E-state index in [0.717, 1.165) is 11.8 Å². The summed E-state index contributed by atoms with van der Waals surface area (Å²) < 4.78 is 0. The highest BCUT2D eigenvalue weighted by Gasteiger charge is 2.25. The van der Waals surface area contributed by atoms with Crippen LogP contribution in [0.5, 0.6) is 0 Å². The van der Waals surface area contributed by atoms with E-state index >= 15 is 0 Å². The number of rotatable bonds is 7. The fraction of sp³-hybridized carbons (Fsp3) is 0.684. The van der Waals surface area contributed by atoms with Gasteiger partial charge >= 0.3 is 0 Å². The van der Waals surface area contributed by atoms with Gasteiger partial charge in [0.2, 0.25) is 0 Å². The number of hydrogen-bond acceptors (Lipinski definition) is 1. The van der Waals surface area contributed by atoms with Gasteiger partial charge in [-0.2, -0.15) is 0 Å². The Hall–Kier alpha value is -0.820. The Bertz CT molecular complexity index is 376. The smallest absolute Gasteiger partial charge is 0.0348 e. The van der Waals surface area contributed by atoms with Crippen LogP contribution in [-0.2, 0) is 0 Å². The summed E-state index contributed by atoms with van der Waals surface area (Å²) in [6.45, 7) is 1.20. The summed E-state index contributed by atoms with van der Waals surface area (Å²) in [5, 5.41) is 3.89. The van der Waals surface area contributed by atoms with Gasteiger partial charge in [0.1, 0.15) is 0 Å². The molecule has 0 radical (unpaired) electrons. The van der Waals surface area contributed by atoms with Crippen LogP contribution in [0.3, 0.4) is 0 Å². The van der Waals surface area contributed by atoms with Crippen LogP contribution >= 0.6 is 0 Å². The highest BCUT2D eigenvalue weighted by atomic mass is 14.9. The topological polar surface area (TPSA) is 12.0 Å². The molecule has 0 bridgehead atoms. The molecule has 0 saturated heterocycles. The molecule has 1 heteroatoms. The summed E-state index contributed by atoms with van der Waals surface area (Å²) in [5.41, 5.74) is 1.51. The van der Waals surface area contributed by atoms with Crippen molar-refractivity contribution in [2.24, 2.45) is 11.8 Å². The Morgan fingerprint density at radius 2 is 1.70 bits per heavy atom. The third kappa shape index (κ3) is 4.09. The lowest BCUT2D eigenvalue weighted by molar-refractivity contribution is 0.270. The van der Waals surface area contributed by atoms with E-state index in [0.29, 0.717) is 6.04 Å². The van der Waals surface area contributed by atoms with Gasteiger partial charge in [0.05, 0.1) is 0 Å². The van der Waals surface area contributed by atoms with Gasteiger partial charge in [0, 0.05) is 6.04 Å². The molecule has 2 aliphatic carbocycles. The van der Waals surface area contributed by atoms with E-state index in [1.807, 2.05) is 0 Å². The average molecular weight is 271 g/mol. The molecule has 1 N–H and O–H groups in total. The molecule has 1 aromatic rings. The van der Waals surface area contributed by atoms with Gasteiger partial charge in [-0.15, -0.1) is 0 Å². The van der Waals surface area contributed by atoms with E-state index < -0.39 is 0 Å². The van der Waals surface area contributed by atoms with Crippen LogP contribution in [0, 0.1) is 11.8 Å². The Morgan fingerprint density at radius 1 is 0.950 bits per heavy atom. The SMILES string of the molecule is c1ccc(C(NCCCC2CC2)C2CCCCC2)cc1. The summed E-state index contributed by atoms with van der Waals surface area (Å²) in [6, 6.07) is 11.7. The molecule has 0 spiro atoms. The zero-order chi connectivity index (χ0) is 13.6. The van der Waals surface area contributed by atoms with E-state index in [2.05, 4.69) is 35.6 Å². The van der Waals surface area contributed by atoms with Gasteiger partial charge in [-0.1, -0.05) is 62.4 Å². The van der Waals surface area contributed by atoms with Gasteiger partial charge in [0.15, 0.2) is 0 Å². The third-order valence-corrected chi connectivity index (χ3v) is 5.13. The van der Waals surface area contributed by atoms with E-state index in [9.17, 15) is 0 Å². The lowest BCUT2D eigenvalue weighted by Crippen LogP contribution is -2.30. The number of nitrogens with one attached hydrogen (secondary N) is 1. The maximum Gasteiger partial charge on any atom is 0.0348 e. The predicted molar refractivity (Wildman–Crippen MR) is 85.7 cm³/mol. The molecule has 1 nitrogen and oxygen atoms in total. The van der Waals surface area contributed by atoms with Crippen molar-refractivity contribution in [3.05, 3.63) is 35.9 Å². The quantitative estimate of drug-likeness (QED) is 0.681. The fourth-order valence-corrected chi connectivity index (χ4v) is 3.74. The fourth-order valence-electron chi connectivity index (χ4n) is 3.74. The molecular weight excluding hydrogens is 242 g/mol. The maximum absolute atomic E-state index is 3.89. The van der Waals surface area contributed by atoms with Crippen molar-refractivity contribution in [3.8, 4) is 0 Å². The molecule has 2 fully saturated rings. The van der Waals surface area contributed by atoms with E-state index in [4.69, 9.17) is 0 Å². The third-order valence-electron chi connectivity index (χ3n) is 5.13. The molecule has 0 aromatic heterocycles. The Morgan fingerprint density at radius 3 is 2.40 bits per heavy atom. The predicted octanol–water partition coefficient (Wildman–Crippen LogP) is 5.09. The molecule has 2 saturated carbocycles. The molecule has 20 heavy (non-hydrogen) atoms. The number of hydrogen-bond donors (Lipinski definition) is 1. The van der Waals surface area contributed by atoms with Crippen molar-refractivity contribution in [3.63, 3.8) is 0 Å². The zero-order valence-electron chi connectivity index (χ0n) is 12.7. The molecule has 110 valence electrons. The second-order valence-electron chi connectivity index (χ2n) is 6.83. The Labute approximate surface area is 124 Å². The molecule has 3 rings (SSSR count). The normalized spacial score (nSPS) is 21.8. The molecule has 0 aliphatic heterocycles. The average Bonchev–Trinajstić information content (AvgIpc) is 3.33. The molecule has 1 unspecified atom stereocenters. The summed E-state index contributed by atoms with van der Waals surface area (Å²) in [7, 11) is 0. The zero-order valence-corrected chi connectivity index (χ0v) is 12.7. The minimum atomic E-state index is 0.593. The summed E-state index contributed by atoms with van der Waals surface area (Å²) in [6.07, 6.45) is 12.9. The van der Waals surface area contributed by atoms with Crippen LogP contribution in [0.15, 0.2) is 30.3 Å². The summed E-state index contributed by atoms with van der Waals surface area (Å²) in [5.74, 6) is 1.92. The minimum absolute atomic E-state index is 0.593. The first-order valence-corrected chi connectivity index (χ1v) is 8.72. The van der Waals surface area contributed by atoms with Crippen molar-refractivity contribution in [1.29, 1.82) is 0 Å². The standard InChI is InChI=1S/C19H29N/c1-3-9-17(10-4-1)19(18-11-5-2-6-12-18)20-15-7-8-16-13-14-16/h1,3-4,9-10,16,18-20H,2,5-8,11-15H2. The monoisotopic (exact) mass is 271 g/mol. The molecular formula is C19H29N. The first kappa shape index (κ1) is 14.1. The summed E-state index contributed by atoms with van der Waals surface area (Å²) >= 11 is 0. The second kappa shape index (κ2) is 7.26. The van der Waals surface area contributed by atoms with Crippen LogP contribution in [0.1, 0.15) is 69.4 Å². The Balaban J connectivity index is 1.56. The van der Waals surface area contributed by atoms with Crippen LogP contribution in [0.2, 0.25) is 0 Å². The van der Waals surface area contributed by atoms with E-state index in [-0.39, 0.29) is 0 Å². The molecule has 0 heterocycles. The van der Waals surface area contributed by atoms with Gasteiger partial charge in [-0.3, -0.25) is 0 Å². The molecule has 2 aliphatic rings. The van der Waals surface area contributed by atoms with Gasteiger partial charge in [-0.05, 0) is 49.6 Å². The second-order valence-corrected chi connectivity index (χ2v) is 6.83.